The van der Waals surface area contributed by atoms with Crippen LogP contribution in [-0.4, -0.2) is 37.9 Å². The van der Waals surface area contributed by atoms with Crippen molar-refractivity contribution in [2.24, 2.45) is 5.10 Å². The van der Waals surface area contributed by atoms with Crippen molar-refractivity contribution in [1.82, 2.24) is 9.73 Å². The lowest BCUT2D eigenvalue weighted by atomic mass is 10.1. The Morgan fingerprint density at radius 3 is 2.23 bits per heavy atom. The zero-order chi connectivity index (χ0) is 22.1. The lowest BCUT2D eigenvalue weighted by Gasteiger charge is -2.21. The van der Waals surface area contributed by atoms with Crippen LogP contribution in [-0.2, 0) is 21.2 Å². The average molecular weight is 500 g/mol. The Bertz CT molecular complexity index is 1140. The van der Waals surface area contributed by atoms with E-state index in [0.717, 1.165) is 15.6 Å². The van der Waals surface area contributed by atoms with Crippen molar-refractivity contribution in [3.05, 3.63) is 101 Å². The number of benzene rings is 3. The summed E-state index contributed by atoms with van der Waals surface area (Å²) in [4.78, 5) is 12.6. The summed E-state index contributed by atoms with van der Waals surface area (Å²) < 4.78 is 28.3. The first kappa shape index (κ1) is 22.9. The molecule has 0 radical (unpaired) electrons. The van der Waals surface area contributed by atoms with Gasteiger partial charge in [-0.2, -0.15) is 9.41 Å². The molecule has 0 aromatic heterocycles. The average Bonchev–Trinajstić information content (AvgIpc) is 2.79. The fourth-order valence-corrected chi connectivity index (χ4v) is 4.68. The minimum Gasteiger partial charge on any atom is -0.272 e. The quantitative estimate of drug-likeness (QED) is 0.358. The van der Waals surface area contributed by atoms with Crippen molar-refractivity contribution < 1.29 is 13.2 Å². The third-order valence-electron chi connectivity index (χ3n) is 4.49. The van der Waals surface area contributed by atoms with E-state index in [2.05, 4.69) is 26.5 Å². The van der Waals surface area contributed by atoms with Gasteiger partial charge in [0.25, 0.3) is 5.91 Å². The van der Waals surface area contributed by atoms with Crippen molar-refractivity contribution in [3.63, 3.8) is 0 Å². The van der Waals surface area contributed by atoms with Crippen molar-refractivity contribution in [2.75, 3.05) is 13.1 Å². The highest BCUT2D eigenvalue weighted by Gasteiger charge is 2.26. The van der Waals surface area contributed by atoms with Gasteiger partial charge in [-0.25, -0.2) is 13.8 Å². The third-order valence-corrected chi connectivity index (χ3v) is 7.07. The summed E-state index contributed by atoms with van der Waals surface area (Å²) in [5, 5.41) is 3.95. The van der Waals surface area contributed by atoms with E-state index < -0.39 is 15.9 Å². The van der Waals surface area contributed by atoms with Gasteiger partial charge in [0.2, 0.25) is 10.0 Å². The topological polar surface area (TPSA) is 78.8 Å². The van der Waals surface area contributed by atoms with E-state index in [1.165, 1.54) is 22.7 Å². The van der Waals surface area contributed by atoms with Gasteiger partial charge in [0.15, 0.2) is 0 Å². The molecule has 31 heavy (non-hydrogen) atoms. The predicted octanol–water partition coefficient (Wildman–Crippen LogP) is 3.83. The Kier molecular flexibility index (Phi) is 8.11. The normalized spacial score (nSPS) is 11.7. The van der Waals surface area contributed by atoms with Crippen LogP contribution < -0.4 is 5.43 Å². The van der Waals surface area contributed by atoms with Crippen molar-refractivity contribution in [1.29, 1.82) is 0 Å². The highest BCUT2D eigenvalue weighted by molar-refractivity contribution is 9.10. The number of hydrogen-bond donors (Lipinski definition) is 1. The second-order valence-corrected chi connectivity index (χ2v) is 9.49. The van der Waals surface area contributed by atoms with Gasteiger partial charge in [-0.3, -0.25) is 4.79 Å². The summed E-state index contributed by atoms with van der Waals surface area (Å²) in [6.45, 7) is -0.167. The zero-order valence-corrected chi connectivity index (χ0v) is 19.1. The molecule has 0 saturated carbocycles. The maximum absolute atomic E-state index is 13.1. The SMILES string of the molecule is O=C(CN(CCc1ccccc1)S(=O)(=O)c1ccccc1)N/N=C\c1ccccc1Br. The molecule has 8 heteroatoms. The number of sulfonamides is 1. The molecular formula is C23H22BrN3O3S. The molecule has 0 spiro atoms. The number of rotatable bonds is 9. The van der Waals surface area contributed by atoms with E-state index in [0.29, 0.717) is 6.42 Å². The van der Waals surface area contributed by atoms with E-state index >= 15 is 0 Å². The molecule has 0 saturated heterocycles. The molecular weight excluding hydrogens is 478 g/mol. The summed E-state index contributed by atoms with van der Waals surface area (Å²) in [6, 6.07) is 25.1. The summed E-state index contributed by atoms with van der Waals surface area (Å²) in [5.41, 5.74) is 4.20. The molecule has 0 heterocycles. The maximum Gasteiger partial charge on any atom is 0.255 e. The van der Waals surface area contributed by atoms with Gasteiger partial charge in [-0.15, -0.1) is 0 Å². The second kappa shape index (κ2) is 11.0. The predicted molar refractivity (Wildman–Crippen MR) is 125 cm³/mol. The minimum atomic E-state index is -3.84. The van der Waals surface area contributed by atoms with Gasteiger partial charge < -0.3 is 0 Å². The summed E-state index contributed by atoms with van der Waals surface area (Å²) in [5.74, 6) is -0.518. The highest BCUT2D eigenvalue weighted by atomic mass is 79.9. The number of amides is 1. The van der Waals surface area contributed by atoms with Crippen LogP contribution in [0.4, 0.5) is 0 Å². The first-order valence-electron chi connectivity index (χ1n) is 9.62. The van der Waals surface area contributed by atoms with Gasteiger partial charge in [0.1, 0.15) is 0 Å². The van der Waals surface area contributed by atoms with Gasteiger partial charge >= 0.3 is 0 Å². The number of hydrazone groups is 1. The van der Waals surface area contributed by atoms with Crippen LogP contribution >= 0.6 is 15.9 Å². The molecule has 0 atom stereocenters. The molecule has 3 aromatic rings. The van der Waals surface area contributed by atoms with Crippen LogP contribution in [0, 0.1) is 0 Å². The van der Waals surface area contributed by atoms with Crippen molar-refractivity contribution in [2.45, 2.75) is 11.3 Å². The van der Waals surface area contributed by atoms with Gasteiger partial charge in [-0.1, -0.05) is 82.7 Å². The molecule has 0 aliphatic heterocycles. The first-order valence-corrected chi connectivity index (χ1v) is 11.9. The molecule has 160 valence electrons. The highest BCUT2D eigenvalue weighted by Crippen LogP contribution is 2.16. The lowest BCUT2D eigenvalue weighted by Crippen LogP contribution is -2.40. The summed E-state index contributed by atoms with van der Waals surface area (Å²) in [7, 11) is -3.84. The molecule has 0 fully saturated rings. The van der Waals surface area contributed by atoms with E-state index in [9.17, 15) is 13.2 Å². The molecule has 3 rings (SSSR count). The Morgan fingerprint density at radius 1 is 0.935 bits per heavy atom. The van der Waals surface area contributed by atoms with E-state index in [1.807, 2.05) is 54.6 Å². The summed E-state index contributed by atoms with van der Waals surface area (Å²) >= 11 is 3.41. The van der Waals surface area contributed by atoms with E-state index in [4.69, 9.17) is 0 Å². The minimum absolute atomic E-state index is 0.146. The number of carbonyl (C=O) groups is 1. The first-order chi connectivity index (χ1) is 15.0. The summed E-state index contributed by atoms with van der Waals surface area (Å²) in [6.07, 6.45) is 1.99. The largest absolute Gasteiger partial charge is 0.272 e. The number of nitrogens with one attached hydrogen (secondary N) is 1. The van der Waals surface area contributed by atoms with Crippen LogP contribution in [0.25, 0.3) is 0 Å². The van der Waals surface area contributed by atoms with Gasteiger partial charge in [0, 0.05) is 16.6 Å². The Hall–Kier alpha value is -2.81. The van der Waals surface area contributed by atoms with Crippen LogP contribution in [0.1, 0.15) is 11.1 Å². The monoisotopic (exact) mass is 499 g/mol. The van der Waals surface area contributed by atoms with Gasteiger partial charge in [-0.05, 0) is 30.2 Å². The van der Waals surface area contributed by atoms with Crippen LogP contribution in [0.2, 0.25) is 0 Å². The Morgan fingerprint density at radius 2 is 1.55 bits per heavy atom. The molecule has 0 aliphatic rings. The molecule has 6 nitrogen and oxygen atoms in total. The van der Waals surface area contributed by atoms with Crippen molar-refractivity contribution >= 4 is 38.1 Å². The fourth-order valence-electron chi connectivity index (χ4n) is 2.87. The Labute approximate surface area is 190 Å². The fraction of sp³-hybridized carbons (Fsp3) is 0.130. The van der Waals surface area contributed by atoms with Crippen LogP contribution in [0.5, 0.6) is 0 Å². The van der Waals surface area contributed by atoms with Crippen LogP contribution in [0.15, 0.2) is 99.4 Å². The van der Waals surface area contributed by atoms with E-state index in [1.54, 1.807) is 18.2 Å². The Balaban J connectivity index is 1.72. The maximum atomic E-state index is 13.1. The number of hydrogen-bond acceptors (Lipinski definition) is 4. The molecule has 0 unspecified atom stereocenters. The van der Waals surface area contributed by atoms with Gasteiger partial charge in [0.05, 0.1) is 17.7 Å². The molecule has 3 aromatic carbocycles. The molecule has 0 aliphatic carbocycles. The molecule has 0 bridgehead atoms. The molecule has 1 N–H and O–H groups in total. The number of halogens is 1. The number of carbonyl (C=O) groups excluding carboxylic acids is 1. The van der Waals surface area contributed by atoms with Crippen LogP contribution in [0.3, 0.4) is 0 Å². The van der Waals surface area contributed by atoms with Crippen molar-refractivity contribution in [3.8, 4) is 0 Å². The molecule has 1 amide bonds. The third kappa shape index (κ3) is 6.58. The second-order valence-electron chi connectivity index (χ2n) is 6.70. The lowest BCUT2D eigenvalue weighted by molar-refractivity contribution is -0.121. The van der Waals surface area contributed by atoms with E-state index in [-0.39, 0.29) is 18.0 Å². The standard InChI is InChI=1S/C23H22BrN3O3S/c24-22-14-8-7-11-20(22)17-25-26-23(28)18-27(16-15-19-9-3-1-4-10-19)31(29,30)21-12-5-2-6-13-21/h1-14,17H,15-16,18H2,(H,26,28)/b25-17-. The smallest absolute Gasteiger partial charge is 0.255 e. The zero-order valence-electron chi connectivity index (χ0n) is 16.7. The number of nitrogens with zero attached hydrogens (tertiary/aromatic N) is 2.